The fraction of sp³-hybridized carbons (Fsp3) is 0.625. The smallest absolute Gasteiger partial charge is 0.124 e. The van der Waals surface area contributed by atoms with E-state index >= 15 is 0 Å². The number of halogens is 1. The molecular formula is C16H24BrNO2. The van der Waals surface area contributed by atoms with E-state index in [1.54, 1.807) is 0 Å². The van der Waals surface area contributed by atoms with Crippen LogP contribution in [0.4, 0.5) is 0 Å². The molecule has 20 heavy (non-hydrogen) atoms. The van der Waals surface area contributed by atoms with Crippen molar-refractivity contribution in [3.63, 3.8) is 0 Å². The Morgan fingerprint density at radius 1 is 1.40 bits per heavy atom. The number of rotatable bonds is 6. The number of hydrogen-bond acceptors (Lipinski definition) is 3. The van der Waals surface area contributed by atoms with Crippen molar-refractivity contribution in [3.05, 3.63) is 28.2 Å². The van der Waals surface area contributed by atoms with Gasteiger partial charge in [-0.25, -0.2) is 0 Å². The summed E-state index contributed by atoms with van der Waals surface area (Å²) >= 11 is 3.44. The van der Waals surface area contributed by atoms with Crippen molar-refractivity contribution >= 4 is 15.9 Å². The summed E-state index contributed by atoms with van der Waals surface area (Å²) in [5.74, 6) is 1.44. The van der Waals surface area contributed by atoms with Gasteiger partial charge in [-0.1, -0.05) is 41.6 Å². The van der Waals surface area contributed by atoms with E-state index in [0.717, 1.165) is 22.2 Å². The fourth-order valence-corrected chi connectivity index (χ4v) is 3.27. The molecule has 2 rings (SSSR count). The maximum Gasteiger partial charge on any atom is 0.124 e. The van der Waals surface area contributed by atoms with Crippen LogP contribution in [-0.4, -0.2) is 17.8 Å². The van der Waals surface area contributed by atoms with Gasteiger partial charge in [0.2, 0.25) is 0 Å². The normalized spacial score (nSPS) is 19.0. The summed E-state index contributed by atoms with van der Waals surface area (Å²) in [6.45, 7) is 2.28. The Hall–Kier alpha value is -0.580. The quantitative estimate of drug-likeness (QED) is 0.827. The summed E-state index contributed by atoms with van der Waals surface area (Å²) in [5, 5.41) is 10.1. The highest BCUT2D eigenvalue weighted by molar-refractivity contribution is 9.10. The van der Waals surface area contributed by atoms with Gasteiger partial charge in [0.05, 0.1) is 6.10 Å². The number of hydrogen-bond donors (Lipinski definition) is 2. The highest BCUT2D eigenvalue weighted by Gasteiger charge is 2.19. The van der Waals surface area contributed by atoms with Gasteiger partial charge in [-0.05, 0) is 37.5 Å². The van der Waals surface area contributed by atoms with Gasteiger partial charge in [0.25, 0.3) is 0 Å². The first kappa shape index (κ1) is 15.8. The maximum atomic E-state index is 10.1. The Labute approximate surface area is 129 Å². The molecule has 2 atom stereocenters. The van der Waals surface area contributed by atoms with Gasteiger partial charge in [0.1, 0.15) is 12.4 Å². The molecule has 1 aromatic rings. The van der Waals surface area contributed by atoms with Crippen molar-refractivity contribution in [2.75, 3.05) is 6.61 Å². The van der Waals surface area contributed by atoms with Crippen LogP contribution in [0.3, 0.4) is 0 Å². The lowest BCUT2D eigenvalue weighted by Gasteiger charge is -2.19. The first-order valence-electron chi connectivity index (χ1n) is 7.42. The van der Waals surface area contributed by atoms with Crippen LogP contribution in [0, 0.1) is 5.92 Å². The number of aliphatic hydroxyl groups is 1. The van der Waals surface area contributed by atoms with Crippen LogP contribution in [0.15, 0.2) is 22.7 Å². The van der Waals surface area contributed by atoms with Gasteiger partial charge in [-0.3, -0.25) is 0 Å². The Bertz CT molecular complexity index is 430. The first-order valence-corrected chi connectivity index (χ1v) is 8.21. The minimum Gasteiger partial charge on any atom is -0.491 e. The van der Waals surface area contributed by atoms with Crippen molar-refractivity contribution in [1.82, 2.24) is 0 Å². The second-order valence-electron chi connectivity index (χ2n) is 5.82. The molecule has 0 spiro atoms. The zero-order chi connectivity index (χ0) is 14.5. The highest BCUT2D eigenvalue weighted by Crippen LogP contribution is 2.30. The van der Waals surface area contributed by atoms with Crippen molar-refractivity contribution in [1.29, 1.82) is 0 Å². The summed E-state index contributed by atoms with van der Waals surface area (Å²) in [4.78, 5) is 0. The fourth-order valence-electron chi connectivity index (χ4n) is 2.89. The highest BCUT2D eigenvalue weighted by atomic mass is 79.9. The predicted octanol–water partition coefficient (Wildman–Crippen LogP) is 3.79. The van der Waals surface area contributed by atoms with Gasteiger partial charge in [-0.15, -0.1) is 0 Å². The van der Waals surface area contributed by atoms with Crippen LogP contribution >= 0.6 is 15.9 Å². The molecule has 0 heterocycles. The topological polar surface area (TPSA) is 55.5 Å². The second kappa shape index (κ2) is 7.43. The summed E-state index contributed by atoms with van der Waals surface area (Å²) in [5.41, 5.74) is 6.92. The zero-order valence-corrected chi connectivity index (χ0v) is 13.6. The van der Waals surface area contributed by atoms with Crippen LogP contribution in [0.5, 0.6) is 5.75 Å². The molecule has 1 aliphatic carbocycles. The van der Waals surface area contributed by atoms with Crippen molar-refractivity contribution in [2.24, 2.45) is 11.7 Å². The average Bonchev–Trinajstić information content (AvgIpc) is 2.90. The van der Waals surface area contributed by atoms with E-state index in [0.29, 0.717) is 12.5 Å². The predicted molar refractivity (Wildman–Crippen MR) is 84.8 cm³/mol. The third-order valence-corrected chi connectivity index (χ3v) is 4.47. The van der Waals surface area contributed by atoms with Crippen LogP contribution in [0.2, 0.25) is 0 Å². The Kier molecular flexibility index (Phi) is 5.87. The lowest BCUT2D eigenvalue weighted by Crippen LogP contribution is -2.21. The summed E-state index contributed by atoms with van der Waals surface area (Å²) in [6, 6.07) is 5.73. The third-order valence-electron chi connectivity index (χ3n) is 3.97. The van der Waals surface area contributed by atoms with Crippen LogP contribution in [0.1, 0.15) is 50.6 Å². The van der Waals surface area contributed by atoms with Crippen molar-refractivity contribution in [3.8, 4) is 5.75 Å². The third kappa shape index (κ3) is 4.47. The molecule has 1 aromatic carbocycles. The minimum absolute atomic E-state index is 0.0884. The zero-order valence-electron chi connectivity index (χ0n) is 12.0. The number of benzene rings is 1. The van der Waals surface area contributed by atoms with E-state index in [-0.39, 0.29) is 12.1 Å². The van der Waals surface area contributed by atoms with Gasteiger partial charge in [0, 0.05) is 16.1 Å². The number of aliphatic hydroxyl groups excluding tert-OH is 1. The largest absolute Gasteiger partial charge is 0.491 e. The van der Waals surface area contributed by atoms with Gasteiger partial charge in [-0.2, -0.15) is 0 Å². The molecule has 0 aliphatic heterocycles. The Balaban J connectivity index is 1.89. The SMILES string of the molecule is C[C@@H](N)c1cc(Br)ccc1OCC(O)CC1CCCC1. The molecule has 3 N–H and O–H groups in total. The second-order valence-corrected chi connectivity index (χ2v) is 6.74. The molecule has 0 saturated heterocycles. The molecule has 1 unspecified atom stereocenters. The van der Waals surface area contributed by atoms with Crippen molar-refractivity contribution in [2.45, 2.75) is 51.2 Å². The van der Waals surface area contributed by atoms with E-state index in [1.165, 1.54) is 25.7 Å². The van der Waals surface area contributed by atoms with Gasteiger partial charge < -0.3 is 15.6 Å². The summed E-state index contributed by atoms with van der Waals surface area (Å²) in [7, 11) is 0. The van der Waals surface area contributed by atoms with E-state index in [2.05, 4.69) is 15.9 Å². The molecule has 0 amide bonds. The molecule has 1 fully saturated rings. The Morgan fingerprint density at radius 3 is 2.75 bits per heavy atom. The van der Waals surface area contributed by atoms with E-state index in [9.17, 15) is 5.11 Å². The molecular weight excluding hydrogens is 318 g/mol. The molecule has 112 valence electrons. The summed E-state index contributed by atoms with van der Waals surface area (Å²) < 4.78 is 6.76. The molecule has 4 heteroatoms. The van der Waals surface area contributed by atoms with E-state index in [1.807, 2.05) is 25.1 Å². The standard InChI is InChI=1S/C16H24BrNO2/c1-11(18)15-9-13(17)6-7-16(15)20-10-14(19)8-12-4-2-3-5-12/h6-7,9,11-12,14,19H,2-5,8,10,18H2,1H3/t11-,14?/m1/s1. The molecule has 0 radical (unpaired) electrons. The number of nitrogens with two attached hydrogens (primary N) is 1. The maximum absolute atomic E-state index is 10.1. The summed E-state index contributed by atoms with van der Waals surface area (Å²) in [6.07, 6.45) is 5.58. The molecule has 0 aromatic heterocycles. The van der Waals surface area contributed by atoms with Crippen LogP contribution in [0.25, 0.3) is 0 Å². The molecule has 1 aliphatic rings. The van der Waals surface area contributed by atoms with E-state index < -0.39 is 0 Å². The minimum atomic E-state index is -0.386. The lowest BCUT2D eigenvalue weighted by molar-refractivity contribution is 0.0849. The van der Waals surface area contributed by atoms with Crippen molar-refractivity contribution < 1.29 is 9.84 Å². The Morgan fingerprint density at radius 2 is 2.10 bits per heavy atom. The first-order chi connectivity index (χ1) is 9.56. The van der Waals surface area contributed by atoms with Crippen LogP contribution < -0.4 is 10.5 Å². The average molecular weight is 342 g/mol. The monoisotopic (exact) mass is 341 g/mol. The molecule has 3 nitrogen and oxygen atoms in total. The van der Waals surface area contributed by atoms with Gasteiger partial charge in [0.15, 0.2) is 0 Å². The molecule has 0 bridgehead atoms. The lowest BCUT2D eigenvalue weighted by atomic mass is 10.0. The van der Waals surface area contributed by atoms with E-state index in [4.69, 9.17) is 10.5 Å². The molecule has 1 saturated carbocycles. The van der Waals surface area contributed by atoms with Crippen LogP contribution in [-0.2, 0) is 0 Å². The van der Waals surface area contributed by atoms with Gasteiger partial charge >= 0.3 is 0 Å². The number of ether oxygens (including phenoxy) is 1.